The molecule has 0 aromatic heterocycles. The molecule has 7 heteroatoms. The number of carbonyl (C=O) groups is 2. The van der Waals surface area contributed by atoms with Gasteiger partial charge < -0.3 is 9.80 Å². The monoisotopic (exact) mass is 402 g/mol. The van der Waals surface area contributed by atoms with E-state index in [4.69, 9.17) is 34.8 Å². The van der Waals surface area contributed by atoms with Gasteiger partial charge in [0.2, 0.25) is 11.8 Å². The lowest BCUT2D eigenvalue weighted by Crippen LogP contribution is -2.47. The molecular weight excluding hydrogens is 383 g/mol. The Morgan fingerprint density at radius 3 is 2.52 bits per heavy atom. The average molecular weight is 404 g/mol. The Kier molecular flexibility index (Phi) is 4.76. The molecule has 0 bridgehead atoms. The fourth-order valence-corrected chi connectivity index (χ4v) is 4.28. The van der Waals surface area contributed by atoms with Crippen molar-refractivity contribution in [2.24, 2.45) is 0 Å². The smallest absolute Gasteiger partial charge is 0.249 e. The molecule has 2 fully saturated rings. The van der Waals surface area contributed by atoms with Gasteiger partial charge in [0.05, 0.1) is 0 Å². The predicted octanol–water partition coefficient (Wildman–Crippen LogP) is 3.93. The van der Waals surface area contributed by atoms with Crippen LogP contribution < -0.4 is 4.90 Å². The molecule has 1 aliphatic carbocycles. The number of hydrogen-bond acceptors (Lipinski definition) is 2. The molecule has 3 rings (SSSR count). The summed E-state index contributed by atoms with van der Waals surface area (Å²) >= 11 is 18.2. The Morgan fingerprint density at radius 2 is 1.96 bits per heavy atom. The van der Waals surface area contributed by atoms with Crippen molar-refractivity contribution in [2.75, 3.05) is 18.5 Å². The van der Waals surface area contributed by atoms with Gasteiger partial charge in [0.25, 0.3) is 0 Å². The number of likely N-dealkylation sites (N-methyl/N-ethyl adjacent to an activating group) is 1. The first-order valence-corrected chi connectivity index (χ1v) is 9.47. The molecule has 4 nitrogen and oxygen atoms in total. The van der Waals surface area contributed by atoms with Crippen LogP contribution in [0, 0.1) is 0 Å². The van der Waals surface area contributed by atoms with Crippen LogP contribution >= 0.6 is 34.8 Å². The van der Waals surface area contributed by atoms with Crippen molar-refractivity contribution in [1.29, 1.82) is 0 Å². The van der Waals surface area contributed by atoms with Crippen LogP contribution in [0.5, 0.6) is 0 Å². The second-order valence-corrected chi connectivity index (χ2v) is 9.27. The molecule has 2 unspecified atom stereocenters. The van der Waals surface area contributed by atoms with Crippen LogP contribution in [0.25, 0.3) is 0 Å². The Hall–Kier alpha value is -0.970. The SMILES string of the molecule is CC(C)c1cccc(N2CCC(N(C)C(=O)C3(Cl)CC3(Cl)Cl)C2=O)c1. The summed E-state index contributed by atoms with van der Waals surface area (Å²) in [5.74, 6) is -0.119. The summed E-state index contributed by atoms with van der Waals surface area (Å²) in [6, 6.07) is 7.40. The fraction of sp³-hybridized carbons (Fsp3) is 0.556. The lowest BCUT2D eigenvalue weighted by molar-refractivity contribution is -0.137. The van der Waals surface area contributed by atoms with Gasteiger partial charge in [-0.1, -0.05) is 49.2 Å². The minimum atomic E-state index is -1.32. The van der Waals surface area contributed by atoms with Gasteiger partial charge in [-0.2, -0.15) is 0 Å². The topological polar surface area (TPSA) is 40.6 Å². The number of carbonyl (C=O) groups excluding carboxylic acids is 2. The maximum atomic E-state index is 12.9. The highest BCUT2D eigenvalue weighted by Gasteiger charge is 2.72. The van der Waals surface area contributed by atoms with E-state index in [2.05, 4.69) is 13.8 Å². The number of alkyl halides is 3. The van der Waals surface area contributed by atoms with Crippen molar-refractivity contribution in [2.45, 2.75) is 47.9 Å². The highest BCUT2D eigenvalue weighted by molar-refractivity contribution is 6.62. The number of benzene rings is 1. The van der Waals surface area contributed by atoms with Crippen LogP contribution in [0.15, 0.2) is 24.3 Å². The molecule has 1 saturated carbocycles. The Balaban J connectivity index is 1.76. The highest BCUT2D eigenvalue weighted by atomic mass is 35.5. The minimum absolute atomic E-state index is 0.104. The van der Waals surface area contributed by atoms with Gasteiger partial charge in [-0.05, 0) is 30.0 Å². The van der Waals surface area contributed by atoms with E-state index < -0.39 is 21.2 Å². The fourth-order valence-electron chi connectivity index (χ4n) is 3.25. The van der Waals surface area contributed by atoms with Crippen LogP contribution in [-0.4, -0.2) is 45.6 Å². The zero-order valence-electron chi connectivity index (χ0n) is 14.4. The summed E-state index contributed by atoms with van der Waals surface area (Å²) in [5, 5.41) is 0. The van der Waals surface area contributed by atoms with E-state index in [1.807, 2.05) is 24.3 Å². The third-order valence-electron chi connectivity index (χ3n) is 5.07. The largest absolute Gasteiger partial charge is 0.332 e. The van der Waals surface area contributed by atoms with Crippen molar-refractivity contribution < 1.29 is 9.59 Å². The van der Waals surface area contributed by atoms with E-state index in [-0.39, 0.29) is 12.3 Å². The van der Waals surface area contributed by atoms with Crippen molar-refractivity contribution in [3.05, 3.63) is 29.8 Å². The van der Waals surface area contributed by atoms with Gasteiger partial charge >= 0.3 is 0 Å². The molecule has 0 spiro atoms. The first-order chi connectivity index (χ1) is 11.6. The van der Waals surface area contributed by atoms with Crippen LogP contribution in [0.4, 0.5) is 5.69 Å². The van der Waals surface area contributed by atoms with E-state index in [1.165, 1.54) is 10.5 Å². The maximum Gasteiger partial charge on any atom is 0.249 e. The summed E-state index contributed by atoms with van der Waals surface area (Å²) in [7, 11) is 1.59. The summed E-state index contributed by atoms with van der Waals surface area (Å²) in [6.45, 7) is 4.78. The predicted molar refractivity (Wildman–Crippen MR) is 102 cm³/mol. The molecule has 0 radical (unpaired) electrons. The van der Waals surface area contributed by atoms with Gasteiger partial charge in [-0.3, -0.25) is 9.59 Å². The highest BCUT2D eigenvalue weighted by Crippen LogP contribution is 2.62. The molecule has 136 valence electrons. The first-order valence-electron chi connectivity index (χ1n) is 8.34. The third kappa shape index (κ3) is 3.13. The molecule has 1 aliphatic heterocycles. The standard InChI is InChI=1S/C18H21Cl3N2O2/c1-11(2)12-5-4-6-13(9-12)23-8-7-14(15(23)24)22(3)16(25)17(19)10-18(17,20)21/h4-6,9,11,14H,7-8,10H2,1-3H3. The second kappa shape index (κ2) is 6.33. The molecule has 1 saturated heterocycles. The third-order valence-corrected chi connectivity index (χ3v) is 6.80. The summed E-state index contributed by atoms with van der Waals surface area (Å²) in [6.07, 6.45) is 0.742. The lowest BCUT2D eigenvalue weighted by Gasteiger charge is -2.26. The number of halogens is 3. The van der Waals surface area contributed by atoms with Crippen LogP contribution in [0.2, 0.25) is 0 Å². The van der Waals surface area contributed by atoms with Crippen molar-refractivity contribution in [3.8, 4) is 0 Å². The van der Waals surface area contributed by atoms with Gasteiger partial charge in [0, 0.05) is 25.7 Å². The van der Waals surface area contributed by atoms with Gasteiger partial charge in [0.1, 0.15) is 10.4 Å². The van der Waals surface area contributed by atoms with E-state index >= 15 is 0 Å². The molecule has 1 aromatic carbocycles. The van der Waals surface area contributed by atoms with E-state index in [0.29, 0.717) is 18.9 Å². The molecule has 0 N–H and O–H groups in total. The average Bonchev–Trinajstić information content (AvgIpc) is 2.89. The number of rotatable bonds is 4. The number of anilines is 1. The van der Waals surface area contributed by atoms with Crippen molar-refractivity contribution >= 4 is 52.3 Å². The van der Waals surface area contributed by atoms with E-state index in [1.54, 1.807) is 11.9 Å². The molecule has 2 aliphatic rings. The minimum Gasteiger partial charge on any atom is -0.332 e. The normalized spacial score (nSPS) is 27.7. The summed E-state index contributed by atoms with van der Waals surface area (Å²) in [4.78, 5) is 27.3. The number of hydrogen-bond donors (Lipinski definition) is 0. The summed E-state index contributed by atoms with van der Waals surface area (Å²) in [5.41, 5.74) is 2.03. The van der Waals surface area contributed by atoms with Crippen molar-refractivity contribution in [1.82, 2.24) is 4.90 Å². The van der Waals surface area contributed by atoms with Crippen LogP contribution in [0.3, 0.4) is 0 Å². The maximum absolute atomic E-state index is 12.9. The van der Waals surface area contributed by atoms with E-state index in [9.17, 15) is 9.59 Å². The molecular formula is C18H21Cl3N2O2. The van der Waals surface area contributed by atoms with Crippen molar-refractivity contribution in [3.63, 3.8) is 0 Å². The van der Waals surface area contributed by atoms with Gasteiger partial charge in [-0.15, -0.1) is 11.6 Å². The van der Waals surface area contributed by atoms with E-state index in [0.717, 1.165) is 5.69 Å². The molecule has 2 atom stereocenters. The number of nitrogens with zero attached hydrogens (tertiary/aromatic N) is 2. The van der Waals surface area contributed by atoms with Crippen LogP contribution in [-0.2, 0) is 9.59 Å². The lowest BCUT2D eigenvalue weighted by atomic mass is 10.0. The zero-order chi connectivity index (χ0) is 18.6. The van der Waals surface area contributed by atoms with Gasteiger partial charge in [-0.25, -0.2) is 0 Å². The first kappa shape index (κ1) is 18.8. The summed E-state index contributed by atoms with van der Waals surface area (Å²) < 4.78 is -1.26. The Morgan fingerprint density at radius 1 is 1.32 bits per heavy atom. The quantitative estimate of drug-likeness (QED) is 0.715. The number of amides is 2. The molecule has 1 heterocycles. The zero-order valence-corrected chi connectivity index (χ0v) is 16.7. The molecule has 2 amide bonds. The Bertz CT molecular complexity index is 722. The second-order valence-electron chi connectivity index (χ2n) is 7.14. The van der Waals surface area contributed by atoms with Gasteiger partial charge in [0.15, 0.2) is 4.87 Å². The van der Waals surface area contributed by atoms with Crippen LogP contribution in [0.1, 0.15) is 38.2 Å². The molecule has 1 aromatic rings. The Labute approximate surface area is 163 Å². The molecule has 25 heavy (non-hydrogen) atoms.